The third-order valence-electron chi connectivity index (χ3n) is 4.90. The summed E-state index contributed by atoms with van der Waals surface area (Å²) in [6.45, 7) is 5.37. The molecular weight excluding hydrogens is 454 g/mol. The normalized spacial score (nSPS) is 11.7. The number of aryl methyl sites for hydroxylation is 1. The van der Waals surface area contributed by atoms with E-state index >= 15 is 4.39 Å². The van der Waals surface area contributed by atoms with Crippen molar-refractivity contribution in [2.75, 3.05) is 15.8 Å². The first kappa shape index (κ1) is 22.5. The number of halogens is 2. The molecule has 0 aliphatic heterocycles. The smallest absolute Gasteiger partial charge is 0.235 e. The van der Waals surface area contributed by atoms with Crippen LogP contribution in [0.2, 0.25) is 0 Å². The average Bonchev–Trinajstić information content (AvgIpc) is 3.11. The predicted octanol–water partition coefficient (Wildman–Crippen LogP) is 3.40. The molecule has 33 heavy (non-hydrogen) atoms. The van der Waals surface area contributed by atoms with Crippen LogP contribution in [-0.4, -0.2) is 43.7 Å². The molecule has 0 saturated carbocycles. The van der Waals surface area contributed by atoms with E-state index in [0.717, 1.165) is 23.5 Å². The lowest BCUT2D eigenvalue weighted by Crippen LogP contribution is -2.17. The van der Waals surface area contributed by atoms with Gasteiger partial charge >= 0.3 is 0 Å². The lowest BCUT2D eigenvalue weighted by atomic mass is 10.2. The molecule has 4 aromatic rings. The number of rotatable bonds is 7. The van der Waals surface area contributed by atoms with E-state index in [1.54, 1.807) is 17.8 Å². The van der Waals surface area contributed by atoms with Gasteiger partial charge in [-0.15, -0.1) is 0 Å². The first-order valence-electron chi connectivity index (χ1n) is 9.94. The second-order valence-electron chi connectivity index (χ2n) is 7.24. The van der Waals surface area contributed by atoms with Crippen LogP contribution in [0.4, 0.5) is 26.0 Å². The zero-order chi connectivity index (χ0) is 23.8. The van der Waals surface area contributed by atoms with Crippen LogP contribution in [0.15, 0.2) is 31.0 Å². The molecule has 1 aromatic carbocycles. The Kier molecular flexibility index (Phi) is 5.89. The Balaban J connectivity index is 1.77. The maximum atomic E-state index is 15.1. The zero-order valence-electron chi connectivity index (χ0n) is 18.0. The summed E-state index contributed by atoms with van der Waals surface area (Å²) in [7, 11) is -3.78. The minimum atomic E-state index is -3.78. The zero-order valence-corrected chi connectivity index (χ0v) is 18.8. The summed E-state index contributed by atoms with van der Waals surface area (Å²) in [6.07, 6.45) is 4.56. The highest BCUT2D eigenvalue weighted by Gasteiger charge is 2.20. The van der Waals surface area contributed by atoms with E-state index in [9.17, 15) is 12.8 Å². The van der Waals surface area contributed by atoms with Gasteiger partial charge in [-0.3, -0.25) is 9.29 Å². The van der Waals surface area contributed by atoms with Crippen LogP contribution in [0, 0.1) is 25.5 Å². The highest BCUT2D eigenvalue weighted by atomic mass is 32.2. The number of sulfonamides is 1. The Labute approximate surface area is 188 Å². The van der Waals surface area contributed by atoms with Crippen LogP contribution in [0.1, 0.15) is 24.7 Å². The lowest BCUT2D eigenvalue weighted by molar-refractivity contribution is 0.588. The summed E-state index contributed by atoms with van der Waals surface area (Å²) in [4.78, 5) is 21.1. The van der Waals surface area contributed by atoms with Crippen LogP contribution >= 0.6 is 0 Å². The summed E-state index contributed by atoms with van der Waals surface area (Å²) in [5, 5.41) is 2.59. The van der Waals surface area contributed by atoms with E-state index in [0.29, 0.717) is 11.9 Å². The van der Waals surface area contributed by atoms with Crippen molar-refractivity contribution >= 4 is 38.2 Å². The van der Waals surface area contributed by atoms with E-state index in [2.05, 4.69) is 35.0 Å². The van der Waals surface area contributed by atoms with Crippen LogP contribution < -0.4 is 10.0 Å². The van der Waals surface area contributed by atoms with E-state index in [1.165, 1.54) is 12.5 Å². The van der Waals surface area contributed by atoms with Crippen molar-refractivity contribution < 1.29 is 17.2 Å². The largest absolute Gasteiger partial charge is 0.333 e. The van der Waals surface area contributed by atoms with Gasteiger partial charge in [-0.1, -0.05) is 6.92 Å². The highest BCUT2D eigenvalue weighted by molar-refractivity contribution is 7.92. The number of nitrogens with zero attached hydrogens (tertiary/aromatic N) is 6. The standard InChI is InChI=1S/C20H20F2N8O2S/c1-4-7-33(31,32)29-14-6-5-13(21)17(16(14)22)27-19-18-15(24-9-25-19)8-23-20(28-18)30-10-26-11(2)12(30)3/h5-6,8-10,29H,4,7H2,1-3H3,(H,24,25,27). The van der Waals surface area contributed by atoms with E-state index < -0.39 is 27.3 Å². The monoisotopic (exact) mass is 474 g/mol. The maximum Gasteiger partial charge on any atom is 0.235 e. The van der Waals surface area contributed by atoms with Gasteiger partial charge in [0.1, 0.15) is 35.2 Å². The van der Waals surface area contributed by atoms with Gasteiger partial charge in [-0.25, -0.2) is 42.1 Å². The molecule has 0 radical (unpaired) electrons. The molecule has 172 valence electrons. The molecule has 0 aliphatic rings. The summed E-state index contributed by atoms with van der Waals surface area (Å²) in [5.41, 5.74) is 1.21. The van der Waals surface area contributed by atoms with Gasteiger partial charge in [0.2, 0.25) is 16.0 Å². The fourth-order valence-electron chi connectivity index (χ4n) is 3.10. The van der Waals surface area contributed by atoms with E-state index in [-0.39, 0.29) is 28.7 Å². The van der Waals surface area contributed by atoms with Gasteiger partial charge in [0.25, 0.3) is 0 Å². The maximum absolute atomic E-state index is 15.1. The summed E-state index contributed by atoms with van der Waals surface area (Å²) >= 11 is 0. The van der Waals surface area contributed by atoms with Crippen LogP contribution in [0.3, 0.4) is 0 Å². The second kappa shape index (κ2) is 8.65. The van der Waals surface area contributed by atoms with Crippen LogP contribution in [0.5, 0.6) is 0 Å². The molecular formula is C20H20F2N8O2S. The van der Waals surface area contributed by atoms with Gasteiger partial charge in [0.15, 0.2) is 11.6 Å². The molecule has 0 fully saturated rings. The fourth-order valence-corrected chi connectivity index (χ4v) is 4.24. The highest BCUT2D eigenvalue weighted by Crippen LogP contribution is 2.30. The minimum absolute atomic E-state index is 0.0181. The number of aromatic nitrogens is 6. The van der Waals surface area contributed by atoms with Gasteiger partial charge in [0, 0.05) is 5.69 Å². The third kappa shape index (κ3) is 4.44. The molecule has 0 atom stereocenters. The topological polar surface area (TPSA) is 128 Å². The molecule has 0 saturated heterocycles. The average molecular weight is 474 g/mol. The Morgan fingerprint density at radius 2 is 1.88 bits per heavy atom. The van der Waals surface area contributed by atoms with E-state index in [4.69, 9.17) is 0 Å². The Bertz CT molecular complexity index is 1460. The molecule has 3 aromatic heterocycles. The summed E-state index contributed by atoms with van der Waals surface area (Å²) < 4.78 is 57.5. The van der Waals surface area contributed by atoms with Crippen molar-refractivity contribution in [3.05, 3.63) is 54.0 Å². The van der Waals surface area contributed by atoms with Crippen molar-refractivity contribution in [1.29, 1.82) is 0 Å². The second-order valence-corrected chi connectivity index (χ2v) is 9.08. The van der Waals surface area contributed by atoms with Crippen LogP contribution in [0.25, 0.3) is 17.0 Å². The summed E-state index contributed by atoms with van der Waals surface area (Å²) in [5.74, 6) is -1.95. The lowest BCUT2D eigenvalue weighted by Gasteiger charge is -2.14. The first-order valence-corrected chi connectivity index (χ1v) is 11.6. The van der Waals surface area contributed by atoms with Crippen LogP contribution in [-0.2, 0) is 10.0 Å². The number of hydrogen-bond acceptors (Lipinski definition) is 8. The molecule has 10 nitrogen and oxygen atoms in total. The number of nitrogens with one attached hydrogen (secondary N) is 2. The molecule has 0 aliphatic carbocycles. The molecule has 0 bridgehead atoms. The van der Waals surface area contributed by atoms with Crippen molar-refractivity contribution in [3.8, 4) is 5.95 Å². The Morgan fingerprint density at radius 1 is 1.09 bits per heavy atom. The predicted molar refractivity (Wildman–Crippen MR) is 119 cm³/mol. The van der Waals surface area contributed by atoms with Crippen molar-refractivity contribution in [2.24, 2.45) is 0 Å². The van der Waals surface area contributed by atoms with Gasteiger partial charge in [-0.05, 0) is 32.4 Å². The fraction of sp³-hybridized carbons (Fsp3) is 0.250. The number of imidazole rings is 1. The number of hydrogen-bond donors (Lipinski definition) is 2. The first-order chi connectivity index (χ1) is 15.7. The molecule has 2 N–H and O–H groups in total. The Morgan fingerprint density at radius 3 is 2.58 bits per heavy atom. The SMILES string of the molecule is CCCS(=O)(=O)Nc1ccc(F)c(Nc2ncnc3cnc(-n4cnc(C)c4C)nc23)c1F. The molecule has 0 unspecified atom stereocenters. The number of benzene rings is 1. The van der Waals surface area contributed by atoms with E-state index in [1.807, 2.05) is 13.8 Å². The molecule has 4 rings (SSSR count). The number of fused-ring (bicyclic) bond motifs is 1. The molecule has 0 amide bonds. The van der Waals surface area contributed by atoms with Crippen molar-refractivity contribution in [1.82, 2.24) is 29.5 Å². The van der Waals surface area contributed by atoms with Crippen molar-refractivity contribution in [2.45, 2.75) is 27.2 Å². The van der Waals surface area contributed by atoms with Gasteiger partial charge in [0.05, 0.1) is 23.3 Å². The summed E-state index contributed by atoms with van der Waals surface area (Å²) in [6, 6.07) is 1.97. The molecule has 13 heteroatoms. The van der Waals surface area contributed by atoms with Gasteiger partial charge in [-0.2, -0.15) is 0 Å². The Hall–Kier alpha value is -3.74. The minimum Gasteiger partial charge on any atom is -0.333 e. The third-order valence-corrected chi connectivity index (χ3v) is 6.38. The number of anilines is 3. The quantitative estimate of drug-likeness (QED) is 0.417. The van der Waals surface area contributed by atoms with Gasteiger partial charge < -0.3 is 5.32 Å². The molecule has 0 spiro atoms. The van der Waals surface area contributed by atoms with Crippen molar-refractivity contribution in [3.63, 3.8) is 0 Å². The molecule has 3 heterocycles.